The summed E-state index contributed by atoms with van der Waals surface area (Å²) in [7, 11) is 1.72. The molecule has 1 aromatic heterocycles. The SMILES string of the molecule is COCCCCn1c(C(=O)N(CC(C)C)C2CNCC(C(=O)N3CCOCC3)C2)ccc1-c1ccccc1.Cl. The van der Waals surface area contributed by atoms with Crippen molar-refractivity contribution in [2.45, 2.75) is 45.7 Å². The second-order valence-corrected chi connectivity index (χ2v) is 10.9. The molecule has 0 aliphatic carbocycles. The molecule has 2 saturated heterocycles. The van der Waals surface area contributed by atoms with Gasteiger partial charge in [0.05, 0.1) is 19.1 Å². The number of amides is 2. The molecule has 1 N–H and O–H groups in total. The van der Waals surface area contributed by atoms with Crippen molar-refractivity contribution in [3.05, 3.63) is 48.2 Å². The van der Waals surface area contributed by atoms with Crippen LogP contribution in [0.2, 0.25) is 0 Å². The molecule has 0 spiro atoms. The molecule has 0 radical (unpaired) electrons. The van der Waals surface area contributed by atoms with E-state index in [1.807, 2.05) is 34.1 Å². The highest BCUT2D eigenvalue weighted by atomic mass is 35.5. The first-order chi connectivity index (χ1) is 18.5. The summed E-state index contributed by atoms with van der Waals surface area (Å²) in [6, 6.07) is 14.3. The minimum atomic E-state index is -0.130. The van der Waals surface area contributed by atoms with Gasteiger partial charge in [-0.2, -0.15) is 0 Å². The van der Waals surface area contributed by atoms with Crippen LogP contribution in [0.3, 0.4) is 0 Å². The average molecular weight is 561 g/mol. The van der Waals surface area contributed by atoms with Crippen molar-refractivity contribution in [3.63, 3.8) is 0 Å². The molecule has 0 bridgehead atoms. The van der Waals surface area contributed by atoms with Crippen LogP contribution in [0.1, 0.15) is 43.6 Å². The second-order valence-electron chi connectivity index (χ2n) is 10.9. The highest BCUT2D eigenvalue weighted by Crippen LogP contribution is 2.27. The number of hydrogen-bond acceptors (Lipinski definition) is 5. The highest BCUT2D eigenvalue weighted by Gasteiger charge is 2.36. The lowest BCUT2D eigenvalue weighted by atomic mass is 9.92. The third-order valence-electron chi connectivity index (χ3n) is 7.51. The molecular weight excluding hydrogens is 516 g/mol. The molecule has 2 atom stereocenters. The molecule has 2 fully saturated rings. The van der Waals surface area contributed by atoms with E-state index in [1.54, 1.807) is 7.11 Å². The number of carbonyl (C=O) groups is 2. The zero-order valence-corrected chi connectivity index (χ0v) is 24.5. The summed E-state index contributed by atoms with van der Waals surface area (Å²) in [5.41, 5.74) is 2.87. The van der Waals surface area contributed by atoms with Gasteiger partial charge in [0, 0.05) is 64.7 Å². The van der Waals surface area contributed by atoms with E-state index < -0.39 is 0 Å². The monoisotopic (exact) mass is 560 g/mol. The summed E-state index contributed by atoms with van der Waals surface area (Å²) in [5, 5.41) is 3.47. The Morgan fingerprint density at radius 1 is 1.08 bits per heavy atom. The van der Waals surface area contributed by atoms with Gasteiger partial charge in [-0.25, -0.2) is 0 Å². The maximum atomic E-state index is 14.3. The number of ether oxygens (including phenoxy) is 2. The molecular formula is C30H45ClN4O4. The first-order valence-electron chi connectivity index (χ1n) is 14.1. The van der Waals surface area contributed by atoms with Gasteiger partial charge >= 0.3 is 0 Å². The molecule has 39 heavy (non-hydrogen) atoms. The summed E-state index contributed by atoms with van der Waals surface area (Å²) < 4.78 is 12.9. The third-order valence-corrected chi connectivity index (χ3v) is 7.51. The largest absolute Gasteiger partial charge is 0.385 e. The van der Waals surface area contributed by atoms with Crippen LogP contribution in [0.4, 0.5) is 0 Å². The predicted molar refractivity (Wildman–Crippen MR) is 156 cm³/mol. The van der Waals surface area contributed by atoms with Crippen molar-refractivity contribution in [1.29, 1.82) is 0 Å². The van der Waals surface area contributed by atoms with Crippen LogP contribution in [0.25, 0.3) is 11.3 Å². The van der Waals surface area contributed by atoms with E-state index in [-0.39, 0.29) is 36.2 Å². The van der Waals surface area contributed by atoms with E-state index in [9.17, 15) is 9.59 Å². The Kier molecular flexibility index (Phi) is 12.3. The summed E-state index contributed by atoms with van der Waals surface area (Å²) in [4.78, 5) is 31.5. The van der Waals surface area contributed by atoms with E-state index in [1.165, 1.54) is 0 Å². The number of halogens is 1. The van der Waals surface area contributed by atoms with Gasteiger partial charge in [0.15, 0.2) is 0 Å². The van der Waals surface area contributed by atoms with Crippen molar-refractivity contribution in [2.24, 2.45) is 11.8 Å². The maximum Gasteiger partial charge on any atom is 0.270 e. The van der Waals surface area contributed by atoms with Crippen LogP contribution in [-0.2, 0) is 20.8 Å². The summed E-state index contributed by atoms with van der Waals surface area (Å²) in [6.45, 7) is 10.2. The molecule has 2 amide bonds. The minimum Gasteiger partial charge on any atom is -0.385 e. The van der Waals surface area contributed by atoms with Crippen LogP contribution >= 0.6 is 12.4 Å². The number of unbranched alkanes of at least 4 members (excludes halogenated alkanes) is 1. The lowest BCUT2D eigenvalue weighted by molar-refractivity contribution is -0.140. The summed E-state index contributed by atoms with van der Waals surface area (Å²) >= 11 is 0. The quantitative estimate of drug-likeness (QED) is 0.421. The number of aromatic nitrogens is 1. The van der Waals surface area contributed by atoms with Gasteiger partial charge in [-0.1, -0.05) is 44.2 Å². The molecule has 2 aliphatic heterocycles. The number of benzene rings is 1. The fourth-order valence-electron chi connectivity index (χ4n) is 5.60. The molecule has 216 valence electrons. The fraction of sp³-hybridized carbons (Fsp3) is 0.600. The molecule has 9 heteroatoms. The van der Waals surface area contributed by atoms with Crippen LogP contribution in [0.15, 0.2) is 42.5 Å². The molecule has 2 aliphatic rings. The van der Waals surface area contributed by atoms with Crippen LogP contribution < -0.4 is 5.32 Å². The molecule has 3 heterocycles. The topological polar surface area (TPSA) is 76.0 Å². The maximum absolute atomic E-state index is 14.3. The fourth-order valence-corrected chi connectivity index (χ4v) is 5.60. The van der Waals surface area contributed by atoms with Gasteiger partial charge in [0.1, 0.15) is 5.69 Å². The Hall–Kier alpha value is -2.39. The van der Waals surface area contributed by atoms with Gasteiger partial charge in [0.2, 0.25) is 5.91 Å². The van der Waals surface area contributed by atoms with E-state index in [4.69, 9.17) is 9.47 Å². The number of nitrogens with zero attached hydrogens (tertiary/aromatic N) is 3. The lowest BCUT2D eigenvalue weighted by Gasteiger charge is -2.40. The zero-order valence-electron chi connectivity index (χ0n) is 23.6. The highest BCUT2D eigenvalue weighted by molar-refractivity contribution is 5.94. The number of rotatable bonds is 11. The smallest absolute Gasteiger partial charge is 0.270 e. The standard InChI is InChI=1S/C30H44N4O4.ClH/c1-23(2)22-34(26-19-25(20-31-21-26)29(35)32-14-17-38-18-15-32)30(36)28-12-11-27(24-9-5-4-6-10-24)33(28)13-7-8-16-37-3;/h4-6,9-12,23,25-26,31H,7-8,13-22H2,1-3H3;1H. The van der Waals surface area contributed by atoms with Crippen molar-refractivity contribution >= 4 is 24.2 Å². The Morgan fingerprint density at radius 2 is 1.82 bits per heavy atom. The van der Waals surface area contributed by atoms with Gasteiger partial charge in [0.25, 0.3) is 5.91 Å². The number of methoxy groups -OCH3 is 1. The van der Waals surface area contributed by atoms with Gasteiger partial charge in [-0.3, -0.25) is 9.59 Å². The number of carbonyl (C=O) groups excluding carboxylic acids is 2. The second kappa shape index (κ2) is 15.4. The van der Waals surface area contributed by atoms with Crippen molar-refractivity contribution in [2.75, 3.05) is 59.7 Å². The molecule has 2 unspecified atom stereocenters. The summed E-state index contributed by atoms with van der Waals surface area (Å²) in [5.74, 6) is 0.400. The van der Waals surface area contributed by atoms with Crippen LogP contribution in [0.5, 0.6) is 0 Å². The van der Waals surface area contributed by atoms with Gasteiger partial charge < -0.3 is 29.2 Å². The van der Waals surface area contributed by atoms with Gasteiger partial charge in [-0.15, -0.1) is 12.4 Å². The van der Waals surface area contributed by atoms with Gasteiger partial charge in [-0.05, 0) is 42.9 Å². The number of morpholine rings is 1. The molecule has 2 aromatic rings. The first-order valence-corrected chi connectivity index (χ1v) is 14.1. The van der Waals surface area contributed by atoms with Crippen LogP contribution in [-0.4, -0.2) is 91.9 Å². The Balaban J connectivity index is 0.00000420. The van der Waals surface area contributed by atoms with E-state index in [2.05, 4.69) is 41.9 Å². The zero-order chi connectivity index (χ0) is 26.9. The van der Waals surface area contributed by atoms with Crippen molar-refractivity contribution in [3.8, 4) is 11.3 Å². The number of hydrogen-bond donors (Lipinski definition) is 1. The Bertz CT molecular complexity index is 1040. The van der Waals surface area contributed by atoms with Crippen LogP contribution in [0, 0.1) is 11.8 Å². The third kappa shape index (κ3) is 8.07. The van der Waals surface area contributed by atoms with Crippen molar-refractivity contribution in [1.82, 2.24) is 19.7 Å². The first kappa shape index (κ1) is 31.1. The number of piperidine rings is 1. The number of nitrogens with one attached hydrogen (secondary N) is 1. The summed E-state index contributed by atoms with van der Waals surface area (Å²) in [6.07, 6.45) is 2.54. The minimum absolute atomic E-state index is 0. The van der Waals surface area contributed by atoms with E-state index in [0.29, 0.717) is 70.6 Å². The van der Waals surface area contributed by atoms with Crippen molar-refractivity contribution < 1.29 is 19.1 Å². The normalized spacial score (nSPS) is 19.5. The van der Waals surface area contributed by atoms with E-state index >= 15 is 0 Å². The van der Waals surface area contributed by atoms with E-state index in [0.717, 1.165) is 30.6 Å². The average Bonchev–Trinajstić information content (AvgIpc) is 3.38. The Labute approximate surface area is 239 Å². The molecule has 8 nitrogen and oxygen atoms in total. The lowest BCUT2D eigenvalue weighted by Crippen LogP contribution is -2.56. The molecule has 4 rings (SSSR count). The Morgan fingerprint density at radius 3 is 2.51 bits per heavy atom. The molecule has 1 aromatic carbocycles. The molecule has 0 saturated carbocycles. The predicted octanol–water partition coefficient (Wildman–Crippen LogP) is 3.94.